The molecule has 0 fully saturated rings. The molecule has 0 saturated carbocycles. The fourth-order valence-electron chi connectivity index (χ4n) is 1.87. The van der Waals surface area contributed by atoms with Gasteiger partial charge in [0.15, 0.2) is 0 Å². The first-order valence-electron chi connectivity index (χ1n) is 6.35. The lowest BCUT2D eigenvalue weighted by atomic mass is 10.1. The summed E-state index contributed by atoms with van der Waals surface area (Å²) in [5.74, 6) is -0.351. The smallest absolute Gasteiger partial charge is 0.270 e. The second kappa shape index (κ2) is 6.66. The molecule has 6 heteroatoms. The minimum absolute atomic E-state index is 0.0946. The van der Waals surface area contributed by atoms with Gasteiger partial charge in [-0.05, 0) is 52.8 Å². The van der Waals surface area contributed by atoms with E-state index in [4.69, 9.17) is 0 Å². The molecule has 0 heterocycles. The summed E-state index contributed by atoms with van der Waals surface area (Å²) in [5.41, 5.74) is 2.00. The Morgan fingerprint density at radius 3 is 2.71 bits per heavy atom. The van der Waals surface area contributed by atoms with Crippen LogP contribution in [-0.4, -0.2) is 10.8 Å². The second-order valence-corrected chi connectivity index (χ2v) is 5.59. The number of carbonyl (C=O) groups is 1. The largest absolute Gasteiger partial charge is 0.322 e. The predicted octanol–water partition coefficient (Wildman–Crippen LogP) is 4.01. The van der Waals surface area contributed by atoms with Crippen LogP contribution in [0, 0.1) is 13.7 Å². The normalized spacial score (nSPS) is 10.2. The Balaban J connectivity index is 2.27. The Labute approximate surface area is 135 Å². The fraction of sp³-hybridized carbons (Fsp3) is 0.133. The van der Waals surface area contributed by atoms with Crippen molar-refractivity contribution in [2.24, 2.45) is 0 Å². The van der Waals surface area contributed by atoms with Gasteiger partial charge in [-0.15, -0.1) is 0 Å². The number of anilines is 1. The van der Waals surface area contributed by atoms with E-state index in [-0.39, 0.29) is 11.6 Å². The summed E-state index contributed by atoms with van der Waals surface area (Å²) in [7, 11) is 0. The van der Waals surface area contributed by atoms with Crippen molar-refractivity contribution in [1.82, 2.24) is 0 Å². The Morgan fingerprint density at radius 2 is 2.05 bits per heavy atom. The molecule has 0 unspecified atom stereocenters. The first-order valence-corrected chi connectivity index (χ1v) is 7.43. The maximum atomic E-state index is 12.3. The summed E-state index contributed by atoms with van der Waals surface area (Å²) in [4.78, 5) is 22.6. The Kier molecular flexibility index (Phi) is 4.89. The third-order valence-corrected chi connectivity index (χ3v) is 3.94. The van der Waals surface area contributed by atoms with Crippen LogP contribution in [0.1, 0.15) is 22.8 Å². The van der Waals surface area contributed by atoms with Gasteiger partial charge in [-0.1, -0.05) is 19.1 Å². The van der Waals surface area contributed by atoms with Crippen molar-refractivity contribution < 1.29 is 9.72 Å². The van der Waals surface area contributed by atoms with Crippen LogP contribution in [-0.2, 0) is 6.42 Å². The van der Waals surface area contributed by atoms with E-state index in [1.807, 2.05) is 47.7 Å². The van der Waals surface area contributed by atoms with E-state index in [1.54, 1.807) is 12.1 Å². The number of non-ortho nitro benzene ring substituents is 1. The van der Waals surface area contributed by atoms with Crippen molar-refractivity contribution in [1.29, 1.82) is 0 Å². The molecular formula is C15H13IN2O3. The number of benzene rings is 2. The molecule has 0 atom stereocenters. The maximum Gasteiger partial charge on any atom is 0.270 e. The highest BCUT2D eigenvalue weighted by Crippen LogP contribution is 2.21. The zero-order valence-electron chi connectivity index (χ0n) is 11.3. The van der Waals surface area contributed by atoms with E-state index in [0.717, 1.165) is 12.0 Å². The quantitative estimate of drug-likeness (QED) is 0.482. The number of halogens is 1. The number of hydrogen-bond acceptors (Lipinski definition) is 3. The van der Waals surface area contributed by atoms with Crippen molar-refractivity contribution >= 4 is 39.9 Å². The molecule has 2 rings (SSSR count). The van der Waals surface area contributed by atoms with Gasteiger partial charge in [-0.3, -0.25) is 14.9 Å². The first-order chi connectivity index (χ1) is 10.0. The van der Waals surface area contributed by atoms with Gasteiger partial charge < -0.3 is 5.32 Å². The van der Waals surface area contributed by atoms with Crippen molar-refractivity contribution in [3.05, 3.63) is 67.3 Å². The fourth-order valence-corrected chi connectivity index (χ4v) is 2.45. The summed E-state index contributed by atoms with van der Waals surface area (Å²) in [6.45, 7) is 2.03. The van der Waals surface area contributed by atoms with Gasteiger partial charge in [0.05, 0.1) is 10.5 Å². The van der Waals surface area contributed by atoms with Crippen molar-refractivity contribution in [3.8, 4) is 0 Å². The molecule has 5 nitrogen and oxygen atoms in total. The molecule has 2 aromatic rings. The molecule has 2 aromatic carbocycles. The molecule has 0 radical (unpaired) electrons. The molecule has 108 valence electrons. The molecule has 0 saturated heterocycles. The number of nitrogens with one attached hydrogen (secondary N) is 1. The standard InChI is InChI=1S/C15H13IN2O3/c1-2-10-4-3-5-11(8-10)17-15(19)13-9-12(18(20)21)6-7-14(13)16/h3-9H,2H2,1H3,(H,17,19). The second-order valence-electron chi connectivity index (χ2n) is 4.43. The van der Waals surface area contributed by atoms with Crippen molar-refractivity contribution in [2.45, 2.75) is 13.3 Å². The minimum atomic E-state index is -0.509. The van der Waals surface area contributed by atoms with Crippen LogP contribution in [0.3, 0.4) is 0 Å². The van der Waals surface area contributed by atoms with E-state index in [1.165, 1.54) is 12.1 Å². The topological polar surface area (TPSA) is 72.2 Å². The zero-order chi connectivity index (χ0) is 15.4. The van der Waals surface area contributed by atoms with Gasteiger partial charge in [0, 0.05) is 21.4 Å². The highest BCUT2D eigenvalue weighted by molar-refractivity contribution is 14.1. The number of nitrogens with zero attached hydrogens (tertiary/aromatic N) is 1. The Hall–Kier alpha value is -1.96. The van der Waals surface area contributed by atoms with Gasteiger partial charge in [0.1, 0.15) is 0 Å². The summed E-state index contributed by atoms with van der Waals surface area (Å²) in [6, 6.07) is 11.8. The number of amides is 1. The van der Waals surface area contributed by atoms with Crippen molar-refractivity contribution in [3.63, 3.8) is 0 Å². The average Bonchev–Trinajstić information content (AvgIpc) is 2.47. The van der Waals surface area contributed by atoms with Crippen LogP contribution in [0.25, 0.3) is 0 Å². The maximum absolute atomic E-state index is 12.3. The highest BCUT2D eigenvalue weighted by Gasteiger charge is 2.15. The molecule has 1 N–H and O–H groups in total. The Bertz CT molecular complexity index is 701. The van der Waals surface area contributed by atoms with Crippen molar-refractivity contribution in [2.75, 3.05) is 5.32 Å². The molecule has 1 amide bonds. The predicted molar refractivity (Wildman–Crippen MR) is 89.6 cm³/mol. The molecule has 0 spiro atoms. The average molecular weight is 396 g/mol. The highest BCUT2D eigenvalue weighted by atomic mass is 127. The number of rotatable bonds is 4. The lowest BCUT2D eigenvalue weighted by molar-refractivity contribution is -0.384. The monoisotopic (exact) mass is 396 g/mol. The van der Waals surface area contributed by atoms with Crippen LogP contribution in [0.2, 0.25) is 0 Å². The molecule has 0 aliphatic heterocycles. The molecule has 0 aromatic heterocycles. The third kappa shape index (κ3) is 3.78. The summed E-state index contributed by atoms with van der Waals surface area (Å²) >= 11 is 1.99. The van der Waals surface area contributed by atoms with E-state index < -0.39 is 4.92 Å². The van der Waals surface area contributed by atoms with Gasteiger partial charge >= 0.3 is 0 Å². The Morgan fingerprint density at radius 1 is 1.29 bits per heavy atom. The molecular weight excluding hydrogens is 383 g/mol. The van der Waals surface area contributed by atoms with Crippen LogP contribution in [0.5, 0.6) is 0 Å². The third-order valence-electron chi connectivity index (χ3n) is 3.00. The minimum Gasteiger partial charge on any atom is -0.322 e. The van der Waals surface area contributed by atoms with E-state index in [9.17, 15) is 14.9 Å². The van der Waals surface area contributed by atoms with Gasteiger partial charge in [0.25, 0.3) is 11.6 Å². The number of carbonyl (C=O) groups excluding carboxylic acids is 1. The number of nitro benzene ring substituents is 1. The van der Waals surface area contributed by atoms with Gasteiger partial charge in [-0.2, -0.15) is 0 Å². The number of aryl methyl sites for hydroxylation is 1. The van der Waals surface area contributed by atoms with Crippen LogP contribution in [0.4, 0.5) is 11.4 Å². The van der Waals surface area contributed by atoms with E-state index in [2.05, 4.69) is 5.32 Å². The van der Waals surface area contributed by atoms with E-state index >= 15 is 0 Å². The SMILES string of the molecule is CCc1cccc(NC(=O)c2cc([N+](=O)[O-])ccc2I)c1. The molecule has 21 heavy (non-hydrogen) atoms. The lowest BCUT2D eigenvalue weighted by Gasteiger charge is -2.08. The summed E-state index contributed by atoms with van der Waals surface area (Å²) < 4.78 is 0.669. The van der Waals surface area contributed by atoms with E-state index in [0.29, 0.717) is 14.8 Å². The molecule has 0 bridgehead atoms. The molecule has 0 aliphatic rings. The summed E-state index contributed by atoms with van der Waals surface area (Å²) in [5, 5.41) is 13.6. The molecule has 0 aliphatic carbocycles. The van der Waals surface area contributed by atoms with Gasteiger partial charge in [-0.25, -0.2) is 0 Å². The van der Waals surface area contributed by atoms with Crippen LogP contribution >= 0.6 is 22.6 Å². The number of nitro groups is 1. The van der Waals surface area contributed by atoms with Gasteiger partial charge in [0.2, 0.25) is 0 Å². The number of hydrogen-bond donors (Lipinski definition) is 1. The zero-order valence-corrected chi connectivity index (χ0v) is 13.5. The summed E-state index contributed by atoms with van der Waals surface area (Å²) in [6.07, 6.45) is 0.873. The van der Waals surface area contributed by atoms with Crippen LogP contribution in [0.15, 0.2) is 42.5 Å². The lowest BCUT2D eigenvalue weighted by Crippen LogP contribution is -2.14. The first kappa shape index (κ1) is 15.4. The van der Waals surface area contributed by atoms with Crippen LogP contribution < -0.4 is 5.32 Å².